The summed E-state index contributed by atoms with van der Waals surface area (Å²) in [6.07, 6.45) is 3.41. The van der Waals surface area contributed by atoms with E-state index in [2.05, 4.69) is 15.3 Å². The van der Waals surface area contributed by atoms with Crippen molar-refractivity contribution in [2.45, 2.75) is 25.5 Å². The Kier molecular flexibility index (Phi) is 4.34. The summed E-state index contributed by atoms with van der Waals surface area (Å²) in [7, 11) is 0. The first-order valence-corrected chi connectivity index (χ1v) is 7.10. The maximum absolute atomic E-state index is 12.2. The van der Waals surface area contributed by atoms with Crippen LogP contribution in [0.25, 0.3) is 0 Å². The Hall–Kier alpha value is -2.41. The van der Waals surface area contributed by atoms with E-state index < -0.39 is 0 Å². The van der Waals surface area contributed by atoms with Gasteiger partial charge in [0.25, 0.3) is 5.91 Å². The maximum atomic E-state index is 12.2. The highest BCUT2D eigenvalue weighted by Gasteiger charge is 2.30. The van der Waals surface area contributed by atoms with Crippen LogP contribution in [-0.4, -0.2) is 41.2 Å². The van der Waals surface area contributed by atoms with E-state index in [4.69, 9.17) is 13.9 Å². The molecule has 1 aliphatic heterocycles. The van der Waals surface area contributed by atoms with Gasteiger partial charge in [-0.05, 0) is 13.0 Å². The van der Waals surface area contributed by atoms with E-state index in [0.717, 1.165) is 0 Å². The fraction of sp³-hybridized carbons (Fsp3) is 0.400. The number of pyridine rings is 1. The summed E-state index contributed by atoms with van der Waals surface area (Å²) < 4.78 is 16.4. The first-order valence-electron chi connectivity index (χ1n) is 7.10. The quantitative estimate of drug-likeness (QED) is 0.917. The van der Waals surface area contributed by atoms with Gasteiger partial charge in [0.2, 0.25) is 5.88 Å². The smallest absolute Gasteiger partial charge is 0.273 e. The zero-order valence-corrected chi connectivity index (χ0v) is 12.2. The van der Waals surface area contributed by atoms with Crippen molar-refractivity contribution < 1.29 is 18.7 Å². The third kappa shape index (κ3) is 3.25. The van der Waals surface area contributed by atoms with Crippen LogP contribution in [-0.2, 0) is 4.74 Å². The first-order chi connectivity index (χ1) is 10.7. The normalized spacial score (nSPS) is 21.3. The van der Waals surface area contributed by atoms with Crippen LogP contribution in [0.3, 0.4) is 0 Å². The Morgan fingerprint density at radius 2 is 2.32 bits per heavy atom. The summed E-state index contributed by atoms with van der Waals surface area (Å²) in [5.74, 6) is 0.721. The number of nitrogens with zero attached hydrogens (tertiary/aromatic N) is 2. The number of nitrogens with one attached hydrogen (secondary N) is 1. The molecule has 0 radical (unpaired) electrons. The number of hydrogen-bond acceptors (Lipinski definition) is 6. The van der Waals surface area contributed by atoms with Gasteiger partial charge in [-0.3, -0.25) is 4.79 Å². The van der Waals surface area contributed by atoms with Crippen molar-refractivity contribution in [3.05, 3.63) is 42.2 Å². The highest BCUT2D eigenvalue weighted by molar-refractivity contribution is 5.93. The Morgan fingerprint density at radius 3 is 3.05 bits per heavy atom. The van der Waals surface area contributed by atoms with Crippen LogP contribution in [0, 0.1) is 6.92 Å². The Labute approximate surface area is 127 Å². The van der Waals surface area contributed by atoms with Crippen molar-refractivity contribution >= 4 is 5.91 Å². The fourth-order valence-electron chi connectivity index (χ4n) is 2.33. The minimum Gasteiger partial charge on any atom is -0.472 e. The average molecular weight is 303 g/mol. The molecule has 0 bridgehead atoms. The van der Waals surface area contributed by atoms with Gasteiger partial charge in [-0.25, -0.2) is 9.97 Å². The number of amides is 1. The minimum absolute atomic E-state index is 0.195. The molecule has 0 saturated carbocycles. The lowest BCUT2D eigenvalue weighted by Gasteiger charge is -2.31. The number of oxazole rings is 1. The van der Waals surface area contributed by atoms with Gasteiger partial charge >= 0.3 is 0 Å². The van der Waals surface area contributed by atoms with Gasteiger partial charge in [-0.2, -0.15) is 0 Å². The van der Waals surface area contributed by atoms with Gasteiger partial charge in [0.15, 0.2) is 12.1 Å². The lowest BCUT2D eigenvalue weighted by molar-refractivity contribution is -0.00456. The number of carbonyl (C=O) groups is 1. The summed E-state index contributed by atoms with van der Waals surface area (Å²) in [4.78, 5) is 20.3. The van der Waals surface area contributed by atoms with Crippen molar-refractivity contribution in [1.29, 1.82) is 0 Å². The molecule has 7 nitrogen and oxygen atoms in total. The number of ether oxygens (including phenoxy) is 2. The molecule has 0 aliphatic carbocycles. The molecule has 0 unspecified atom stereocenters. The maximum Gasteiger partial charge on any atom is 0.273 e. The Morgan fingerprint density at radius 1 is 1.41 bits per heavy atom. The predicted octanol–water partition coefficient (Wildman–Crippen LogP) is 1.34. The summed E-state index contributed by atoms with van der Waals surface area (Å²) >= 11 is 0. The van der Waals surface area contributed by atoms with Crippen molar-refractivity contribution in [2.75, 3.05) is 13.2 Å². The van der Waals surface area contributed by atoms with Gasteiger partial charge in [0.1, 0.15) is 11.9 Å². The molecular formula is C15H17N3O4. The molecule has 0 aromatic carbocycles. The molecule has 1 fully saturated rings. The molecule has 1 amide bonds. The molecule has 7 heteroatoms. The zero-order valence-electron chi connectivity index (χ0n) is 12.2. The molecule has 3 heterocycles. The summed E-state index contributed by atoms with van der Waals surface area (Å²) in [5.41, 5.74) is 0.280. The van der Waals surface area contributed by atoms with Gasteiger partial charge in [-0.1, -0.05) is 6.07 Å². The van der Waals surface area contributed by atoms with E-state index in [-0.39, 0.29) is 23.7 Å². The van der Waals surface area contributed by atoms with Crippen molar-refractivity contribution in [2.24, 2.45) is 0 Å². The van der Waals surface area contributed by atoms with E-state index >= 15 is 0 Å². The van der Waals surface area contributed by atoms with Crippen LogP contribution < -0.4 is 10.1 Å². The molecule has 0 spiro atoms. The topological polar surface area (TPSA) is 86.5 Å². The zero-order chi connectivity index (χ0) is 15.4. The second-order valence-corrected chi connectivity index (χ2v) is 5.02. The van der Waals surface area contributed by atoms with Crippen molar-refractivity contribution in [3.8, 4) is 5.88 Å². The molecule has 1 saturated heterocycles. The van der Waals surface area contributed by atoms with E-state index in [1.54, 1.807) is 19.2 Å². The minimum atomic E-state index is -0.295. The first kappa shape index (κ1) is 14.5. The molecular weight excluding hydrogens is 286 g/mol. The van der Waals surface area contributed by atoms with Crippen LogP contribution in [0.5, 0.6) is 5.88 Å². The highest BCUT2D eigenvalue weighted by atomic mass is 16.5. The molecule has 3 rings (SSSR count). The van der Waals surface area contributed by atoms with Gasteiger partial charge in [-0.15, -0.1) is 0 Å². The van der Waals surface area contributed by atoms with E-state index in [9.17, 15) is 4.79 Å². The number of carbonyl (C=O) groups excluding carboxylic acids is 1. The summed E-state index contributed by atoms with van der Waals surface area (Å²) in [6.45, 7) is 2.67. The monoisotopic (exact) mass is 303 g/mol. The molecule has 2 atom stereocenters. The fourth-order valence-corrected chi connectivity index (χ4v) is 2.33. The molecule has 2 aromatic heterocycles. The lowest BCUT2D eigenvalue weighted by Crippen LogP contribution is -2.52. The summed E-state index contributed by atoms with van der Waals surface area (Å²) in [5, 5.41) is 2.89. The summed E-state index contributed by atoms with van der Waals surface area (Å²) in [6, 6.07) is 5.20. The van der Waals surface area contributed by atoms with Crippen LogP contribution in [0.4, 0.5) is 0 Å². The largest absolute Gasteiger partial charge is 0.472 e. The second kappa shape index (κ2) is 6.57. The van der Waals surface area contributed by atoms with Crippen LogP contribution >= 0.6 is 0 Å². The number of aromatic nitrogens is 2. The van der Waals surface area contributed by atoms with Gasteiger partial charge < -0.3 is 19.2 Å². The Balaban J connectivity index is 1.67. The highest BCUT2D eigenvalue weighted by Crippen LogP contribution is 2.16. The van der Waals surface area contributed by atoms with Crippen LogP contribution in [0.15, 0.2) is 35.2 Å². The second-order valence-electron chi connectivity index (χ2n) is 5.02. The predicted molar refractivity (Wildman–Crippen MR) is 76.6 cm³/mol. The lowest BCUT2D eigenvalue weighted by atomic mass is 10.1. The van der Waals surface area contributed by atoms with E-state index in [1.165, 1.54) is 6.39 Å². The standard InChI is InChI=1S/C15H17N3O4/c1-10-14(17-9-21-10)15(19)18-11-8-20-7-5-12(11)22-13-4-2-3-6-16-13/h2-4,6,9,11-12H,5,7-8H2,1H3,(H,18,19)/t11-,12-/m1/s1. The van der Waals surface area contributed by atoms with Crippen molar-refractivity contribution in [3.63, 3.8) is 0 Å². The van der Waals surface area contributed by atoms with Gasteiger partial charge in [0, 0.05) is 18.7 Å². The SMILES string of the molecule is Cc1ocnc1C(=O)N[C@@H]1COCC[C@H]1Oc1ccccn1. The Bertz CT molecular complexity index is 629. The van der Waals surface area contributed by atoms with Crippen LogP contribution in [0.1, 0.15) is 22.7 Å². The van der Waals surface area contributed by atoms with Crippen LogP contribution in [0.2, 0.25) is 0 Å². The number of rotatable bonds is 4. The molecule has 1 N–H and O–H groups in total. The molecule has 1 aliphatic rings. The molecule has 2 aromatic rings. The third-order valence-electron chi connectivity index (χ3n) is 3.48. The molecule has 116 valence electrons. The van der Waals surface area contributed by atoms with E-state index in [1.807, 2.05) is 12.1 Å². The molecule has 22 heavy (non-hydrogen) atoms. The van der Waals surface area contributed by atoms with Gasteiger partial charge in [0.05, 0.1) is 19.3 Å². The van der Waals surface area contributed by atoms with E-state index in [0.29, 0.717) is 31.3 Å². The number of aryl methyl sites for hydroxylation is 1. The van der Waals surface area contributed by atoms with Crippen molar-refractivity contribution in [1.82, 2.24) is 15.3 Å². The number of hydrogen-bond donors (Lipinski definition) is 1. The average Bonchev–Trinajstić information content (AvgIpc) is 2.96. The third-order valence-corrected chi connectivity index (χ3v) is 3.48.